The van der Waals surface area contributed by atoms with Crippen molar-refractivity contribution in [1.29, 1.82) is 0 Å². The maximum atomic E-state index is 3.90. The molecular weight excluding hydrogens is 365 g/mol. The fourth-order valence-electron chi connectivity index (χ4n) is 1.47. The van der Waals surface area contributed by atoms with Gasteiger partial charge in [-0.1, -0.05) is 24.8 Å². The molecule has 0 fully saturated rings. The van der Waals surface area contributed by atoms with Crippen LogP contribution in [0.2, 0.25) is 0 Å². The van der Waals surface area contributed by atoms with Crippen LogP contribution in [-0.4, -0.2) is 0 Å². The van der Waals surface area contributed by atoms with Gasteiger partial charge < -0.3 is 17.0 Å². The van der Waals surface area contributed by atoms with Crippen LogP contribution in [0.1, 0.15) is 0 Å². The molecule has 0 atom stereocenters. The SMILES string of the molecule is C=C(I)C[n+]1ccc2ccccc2c1.[Br-]. The quantitative estimate of drug-likeness (QED) is 0.517. The van der Waals surface area contributed by atoms with Crippen LogP contribution < -0.4 is 21.5 Å². The predicted molar refractivity (Wildman–Crippen MR) is 67.3 cm³/mol. The molecule has 0 aliphatic heterocycles. The van der Waals surface area contributed by atoms with Crippen LogP contribution in [0.3, 0.4) is 0 Å². The second kappa shape index (κ2) is 5.61. The van der Waals surface area contributed by atoms with E-state index in [1.54, 1.807) is 0 Å². The number of allylic oxidation sites excluding steroid dienone is 1. The summed E-state index contributed by atoms with van der Waals surface area (Å²) in [6.45, 7) is 4.78. The molecule has 0 spiro atoms. The largest absolute Gasteiger partial charge is 1.00 e. The second-order valence-corrected chi connectivity index (χ2v) is 4.79. The van der Waals surface area contributed by atoms with E-state index in [0.29, 0.717) is 0 Å². The van der Waals surface area contributed by atoms with Crippen LogP contribution in [0, 0.1) is 0 Å². The average Bonchev–Trinajstić information content (AvgIpc) is 2.17. The minimum Gasteiger partial charge on any atom is -1.00 e. The number of nitrogens with zero attached hydrogens (tertiary/aromatic N) is 1. The summed E-state index contributed by atoms with van der Waals surface area (Å²) in [5.41, 5.74) is 0. The third-order valence-electron chi connectivity index (χ3n) is 2.10. The van der Waals surface area contributed by atoms with Crippen molar-refractivity contribution in [2.24, 2.45) is 0 Å². The molecule has 0 radical (unpaired) electrons. The van der Waals surface area contributed by atoms with E-state index >= 15 is 0 Å². The standard InChI is InChI=1S/C12H11IN.BrH/c1-10(13)8-14-7-6-11-4-2-3-5-12(11)9-14;/h2-7,9H,1,8H2;1H/q+1;/p-1. The van der Waals surface area contributed by atoms with E-state index in [0.717, 1.165) is 10.1 Å². The van der Waals surface area contributed by atoms with Crippen molar-refractivity contribution in [3.8, 4) is 0 Å². The number of benzene rings is 1. The van der Waals surface area contributed by atoms with E-state index in [-0.39, 0.29) is 17.0 Å². The van der Waals surface area contributed by atoms with E-state index in [1.807, 2.05) is 0 Å². The highest BCUT2D eigenvalue weighted by atomic mass is 127. The Kier molecular flexibility index (Phi) is 4.73. The Morgan fingerprint density at radius 1 is 1.20 bits per heavy atom. The Balaban J connectivity index is 0.00000112. The first kappa shape index (κ1) is 12.6. The van der Waals surface area contributed by atoms with Crippen LogP contribution in [0.5, 0.6) is 0 Å². The highest BCUT2D eigenvalue weighted by molar-refractivity contribution is 14.1. The van der Waals surface area contributed by atoms with Gasteiger partial charge in [-0.2, -0.15) is 4.57 Å². The smallest absolute Gasteiger partial charge is 0.178 e. The molecule has 1 heterocycles. The van der Waals surface area contributed by atoms with E-state index in [1.165, 1.54) is 10.8 Å². The fourth-order valence-corrected chi connectivity index (χ4v) is 1.87. The number of pyridine rings is 1. The van der Waals surface area contributed by atoms with Gasteiger partial charge in [0.25, 0.3) is 0 Å². The monoisotopic (exact) mass is 375 g/mol. The molecular formula is C12H11BrIN. The number of rotatable bonds is 2. The lowest BCUT2D eigenvalue weighted by molar-refractivity contribution is -0.686. The topological polar surface area (TPSA) is 3.88 Å². The molecule has 0 amide bonds. The molecule has 0 unspecified atom stereocenters. The lowest BCUT2D eigenvalue weighted by atomic mass is 10.2. The molecule has 0 bridgehead atoms. The summed E-state index contributed by atoms with van der Waals surface area (Å²) in [7, 11) is 0. The zero-order valence-corrected chi connectivity index (χ0v) is 11.9. The van der Waals surface area contributed by atoms with Crippen LogP contribution in [0.4, 0.5) is 0 Å². The maximum Gasteiger partial charge on any atom is 0.178 e. The number of aromatic nitrogens is 1. The molecule has 1 nitrogen and oxygen atoms in total. The fraction of sp³-hybridized carbons (Fsp3) is 0.0833. The van der Waals surface area contributed by atoms with Gasteiger partial charge in [0, 0.05) is 15.0 Å². The van der Waals surface area contributed by atoms with E-state index in [4.69, 9.17) is 0 Å². The number of halogens is 2. The molecule has 0 aliphatic carbocycles. The van der Waals surface area contributed by atoms with Gasteiger partial charge in [0.1, 0.15) is 0 Å². The van der Waals surface area contributed by atoms with E-state index < -0.39 is 0 Å². The Labute approximate surface area is 114 Å². The van der Waals surface area contributed by atoms with Gasteiger partial charge in [-0.15, -0.1) is 0 Å². The van der Waals surface area contributed by atoms with Gasteiger partial charge in [-0.3, -0.25) is 0 Å². The lowest BCUT2D eigenvalue weighted by Crippen LogP contribution is -3.00. The average molecular weight is 376 g/mol. The summed E-state index contributed by atoms with van der Waals surface area (Å²) in [5.74, 6) is 0. The van der Waals surface area contributed by atoms with Crippen molar-refractivity contribution in [2.45, 2.75) is 6.54 Å². The number of fused-ring (bicyclic) bond motifs is 1. The Morgan fingerprint density at radius 3 is 2.53 bits per heavy atom. The third-order valence-corrected chi connectivity index (χ3v) is 2.44. The molecule has 78 valence electrons. The van der Waals surface area contributed by atoms with Crippen molar-refractivity contribution >= 4 is 33.4 Å². The first-order valence-electron chi connectivity index (χ1n) is 4.47. The molecule has 1 aromatic carbocycles. The molecule has 3 heteroatoms. The molecule has 2 aromatic rings. The normalized spacial score (nSPS) is 9.67. The minimum atomic E-state index is 0. The molecule has 1 aromatic heterocycles. The lowest BCUT2D eigenvalue weighted by Gasteiger charge is -1.97. The first-order valence-corrected chi connectivity index (χ1v) is 5.55. The third kappa shape index (κ3) is 3.28. The van der Waals surface area contributed by atoms with Crippen LogP contribution in [-0.2, 0) is 6.54 Å². The van der Waals surface area contributed by atoms with Crippen LogP contribution in [0.15, 0.2) is 52.9 Å². The number of hydrogen-bond donors (Lipinski definition) is 0. The van der Waals surface area contributed by atoms with Gasteiger partial charge in [-0.05, 0) is 34.0 Å². The van der Waals surface area contributed by atoms with Gasteiger partial charge in [0.05, 0.1) is 0 Å². The first-order chi connectivity index (χ1) is 6.75. The Bertz CT molecular complexity index is 482. The molecule has 0 saturated carbocycles. The van der Waals surface area contributed by atoms with E-state index in [9.17, 15) is 0 Å². The summed E-state index contributed by atoms with van der Waals surface area (Å²) in [6.07, 6.45) is 4.24. The second-order valence-electron chi connectivity index (χ2n) is 3.26. The molecule has 15 heavy (non-hydrogen) atoms. The molecule has 0 N–H and O–H groups in total. The summed E-state index contributed by atoms with van der Waals surface area (Å²) >= 11 is 2.25. The highest BCUT2D eigenvalue weighted by Gasteiger charge is 2.02. The van der Waals surface area contributed by atoms with Gasteiger partial charge in [0.2, 0.25) is 0 Å². The van der Waals surface area contributed by atoms with Gasteiger partial charge in [0.15, 0.2) is 18.9 Å². The zero-order chi connectivity index (χ0) is 9.97. The van der Waals surface area contributed by atoms with Gasteiger partial charge >= 0.3 is 0 Å². The van der Waals surface area contributed by atoms with Crippen molar-refractivity contribution in [1.82, 2.24) is 0 Å². The number of hydrogen-bond acceptors (Lipinski definition) is 0. The van der Waals surface area contributed by atoms with Crippen molar-refractivity contribution < 1.29 is 21.5 Å². The highest BCUT2D eigenvalue weighted by Crippen LogP contribution is 2.10. The Hall–Kier alpha value is -0.420. The summed E-state index contributed by atoms with van der Waals surface area (Å²) < 4.78 is 3.29. The van der Waals surface area contributed by atoms with Crippen LogP contribution >= 0.6 is 22.6 Å². The van der Waals surface area contributed by atoms with Crippen molar-refractivity contribution in [3.05, 3.63) is 52.9 Å². The zero-order valence-electron chi connectivity index (χ0n) is 8.16. The predicted octanol–water partition coefficient (Wildman–Crippen LogP) is 0.0800. The van der Waals surface area contributed by atoms with Crippen molar-refractivity contribution in [2.75, 3.05) is 0 Å². The summed E-state index contributed by atoms with van der Waals surface area (Å²) in [4.78, 5) is 0. The molecule has 0 saturated heterocycles. The molecule has 2 rings (SSSR count). The maximum absolute atomic E-state index is 3.90. The minimum absolute atomic E-state index is 0. The Morgan fingerprint density at radius 2 is 1.87 bits per heavy atom. The summed E-state index contributed by atoms with van der Waals surface area (Å²) in [5, 5.41) is 2.55. The summed E-state index contributed by atoms with van der Waals surface area (Å²) in [6, 6.07) is 10.5. The van der Waals surface area contributed by atoms with E-state index in [2.05, 4.69) is 76.5 Å². The molecule has 0 aliphatic rings. The van der Waals surface area contributed by atoms with Crippen molar-refractivity contribution in [3.63, 3.8) is 0 Å². The van der Waals surface area contributed by atoms with Gasteiger partial charge in [-0.25, -0.2) is 0 Å². The van der Waals surface area contributed by atoms with Crippen LogP contribution in [0.25, 0.3) is 10.8 Å².